The normalized spacial score (nSPS) is 18.4. The SMILES string of the molecule is O=C(O)C1=C(C(=O)O)N=C2N=NC=C2C1. The van der Waals surface area contributed by atoms with E-state index in [4.69, 9.17) is 10.2 Å². The summed E-state index contributed by atoms with van der Waals surface area (Å²) in [5.74, 6) is -2.48. The van der Waals surface area contributed by atoms with Gasteiger partial charge in [0.05, 0.1) is 11.8 Å². The molecular formula is C8H5N3O4. The van der Waals surface area contributed by atoms with Crippen molar-refractivity contribution in [2.45, 2.75) is 6.42 Å². The van der Waals surface area contributed by atoms with Gasteiger partial charge in [-0.25, -0.2) is 14.6 Å². The molecule has 0 spiro atoms. The van der Waals surface area contributed by atoms with Crippen LogP contribution in [-0.2, 0) is 9.59 Å². The third-order valence-corrected chi connectivity index (χ3v) is 1.98. The fraction of sp³-hybridized carbons (Fsp3) is 0.125. The molecule has 0 saturated heterocycles. The topological polar surface area (TPSA) is 112 Å². The van der Waals surface area contributed by atoms with Crippen molar-refractivity contribution in [2.24, 2.45) is 15.2 Å². The van der Waals surface area contributed by atoms with E-state index in [1.165, 1.54) is 6.20 Å². The number of carboxylic acids is 2. The summed E-state index contributed by atoms with van der Waals surface area (Å²) in [4.78, 5) is 25.1. The molecule has 0 amide bonds. The highest BCUT2D eigenvalue weighted by atomic mass is 16.4. The van der Waals surface area contributed by atoms with Crippen LogP contribution in [0.3, 0.4) is 0 Å². The number of rotatable bonds is 2. The van der Waals surface area contributed by atoms with Crippen LogP contribution < -0.4 is 0 Å². The van der Waals surface area contributed by atoms with Gasteiger partial charge in [0.2, 0.25) is 0 Å². The summed E-state index contributed by atoms with van der Waals surface area (Å²) in [6.07, 6.45) is 1.36. The van der Waals surface area contributed by atoms with Crippen molar-refractivity contribution in [1.29, 1.82) is 0 Å². The number of fused-ring (bicyclic) bond motifs is 1. The van der Waals surface area contributed by atoms with Gasteiger partial charge < -0.3 is 10.2 Å². The average molecular weight is 207 g/mol. The van der Waals surface area contributed by atoms with E-state index in [0.717, 1.165) is 0 Å². The molecule has 2 aliphatic heterocycles. The van der Waals surface area contributed by atoms with Crippen LogP contribution in [0.4, 0.5) is 0 Å². The summed E-state index contributed by atoms with van der Waals surface area (Å²) in [6, 6.07) is 0. The number of hydrogen-bond donors (Lipinski definition) is 2. The molecule has 2 N–H and O–H groups in total. The lowest BCUT2D eigenvalue weighted by atomic mass is 10.0. The molecule has 2 aliphatic rings. The predicted molar refractivity (Wildman–Crippen MR) is 47.3 cm³/mol. The Morgan fingerprint density at radius 2 is 2.00 bits per heavy atom. The number of carbonyl (C=O) groups is 2. The summed E-state index contributed by atoms with van der Waals surface area (Å²) in [5, 5.41) is 24.7. The predicted octanol–water partition coefficient (Wildman–Crippen LogP) is 0.562. The average Bonchev–Trinajstić information content (AvgIpc) is 2.61. The van der Waals surface area contributed by atoms with E-state index in [0.29, 0.717) is 5.57 Å². The van der Waals surface area contributed by atoms with E-state index in [1.807, 2.05) is 0 Å². The quantitative estimate of drug-likeness (QED) is 0.688. The van der Waals surface area contributed by atoms with Crippen molar-refractivity contribution in [3.05, 3.63) is 23.0 Å². The number of azo groups is 1. The van der Waals surface area contributed by atoms with Crippen LogP contribution in [-0.4, -0.2) is 28.0 Å². The van der Waals surface area contributed by atoms with Gasteiger partial charge in [0.15, 0.2) is 11.5 Å². The first-order valence-corrected chi connectivity index (χ1v) is 3.98. The molecule has 0 unspecified atom stereocenters. The molecular weight excluding hydrogens is 202 g/mol. The van der Waals surface area contributed by atoms with Crippen LogP contribution in [0.2, 0.25) is 0 Å². The highest BCUT2D eigenvalue weighted by Gasteiger charge is 2.29. The van der Waals surface area contributed by atoms with Gasteiger partial charge in [0.1, 0.15) is 0 Å². The summed E-state index contributed by atoms with van der Waals surface area (Å²) in [6.45, 7) is 0. The molecule has 2 heterocycles. The molecule has 7 nitrogen and oxygen atoms in total. The van der Waals surface area contributed by atoms with Gasteiger partial charge in [0.25, 0.3) is 0 Å². The number of nitrogens with zero attached hydrogens (tertiary/aromatic N) is 3. The minimum atomic E-state index is -1.37. The van der Waals surface area contributed by atoms with Gasteiger partial charge in [-0.3, -0.25) is 0 Å². The van der Waals surface area contributed by atoms with E-state index in [2.05, 4.69) is 15.2 Å². The Morgan fingerprint density at radius 1 is 1.27 bits per heavy atom. The Morgan fingerprint density at radius 3 is 2.60 bits per heavy atom. The second-order valence-corrected chi connectivity index (χ2v) is 2.92. The molecule has 76 valence electrons. The molecule has 0 bridgehead atoms. The molecule has 0 radical (unpaired) electrons. The minimum Gasteiger partial charge on any atom is -0.478 e. The summed E-state index contributed by atoms with van der Waals surface area (Å²) in [7, 11) is 0. The maximum absolute atomic E-state index is 10.8. The van der Waals surface area contributed by atoms with Gasteiger partial charge in [-0.15, -0.1) is 5.11 Å². The van der Waals surface area contributed by atoms with Crippen LogP contribution in [0.25, 0.3) is 0 Å². The summed E-state index contributed by atoms with van der Waals surface area (Å²) < 4.78 is 0. The number of aliphatic imine (C=N–C) groups is 1. The Labute approximate surface area is 83.2 Å². The van der Waals surface area contributed by atoms with Crippen molar-refractivity contribution in [1.82, 2.24) is 0 Å². The maximum atomic E-state index is 10.8. The molecule has 7 heteroatoms. The Balaban J connectivity index is 2.53. The molecule has 0 aromatic carbocycles. The molecule has 0 saturated carbocycles. The maximum Gasteiger partial charge on any atom is 0.355 e. The molecule has 15 heavy (non-hydrogen) atoms. The molecule has 0 aromatic rings. The summed E-state index contributed by atoms with van der Waals surface area (Å²) in [5.41, 5.74) is -0.197. The third kappa shape index (κ3) is 1.43. The van der Waals surface area contributed by atoms with Crippen LogP contribution in [0, 0.1) is 0 Å². The molecule has 0 aromatic heterocycles. The molecule has 0 fully saturated rings. The van der Waals surface area contributed by atoms with Crippen LogP contribution >= 0.6 is 0 Å². The van der Waals surface area contributed by atoms with Gasteiger partial charge in [-0.05, 0) is 0 Å². The highest BCUT2D eigenvalue weighted by Crippen LogP contribution is 2.27. The second kappa shape index (κ2) is 3.12. The van der Waals surface area contributed by atoms with Gasteiger partial charge in [-0.2, -0.15) is 5.11 Å². The first kappa shape index (κ1) is 9.25. The zero-order chi connectivity index (χ0) is 11.0. The van der Waals surface area contributed by atoms with Gasteiger partial charge in [-0.1, -0.05) is 0 Å². The Bertz CT molecular complexity index is 484. The van der Waals surface area contributed by atoms with Crippen molar-refractivity contribution < 1.29 is 19.8 Å². The smallest absolute Gasteiger partial charge is 0.355 e. The lowest BCUT2D eigenvalue weighted by Gasteiger charge is -2.11. The van der Waals surface area contributed by atoms with E-state index in [1.54, 1.807) is 0 Å². The first-order valence-electron chi connectivity index (χ1n) is 3.98. The van der Waals surface area contributed by atoms with E-state index in [-0.39, 0.29) is 17.8 Å². The van der Waals surface area contributed by atoms with E-state index < -0.39 is 17.6 Å². The number of hydrogen-bond acceptors (Lipinski definition) is 5. The minimum absolute atomic E-state index is 0.0111. The number of amidine groups is 1. The number of carboxylic acid groups (broad SMARTS) is 2. The largest absolute Gasteiger partial charge is 0.478 e. The van der Waals surface area contributed by atoms with Crippen molar-refractivity contribution in [3.8, 4) is 0 Å². The zero-order valence-corrected chi connectivity index (χ0v) is 7.34. The van der Waals surface area contributed by atoms with Crippen LogP contribution in [0.5, 0.6) is 0 Å². The monoisotopic (exact) mass is 207 g/mol. The fourth-order valence-electron chi connectivity index (χ4n) is 1.30. The first-order chi connectivity index (χ1) is 7.09. The van der Waals surface area contributed by atoms with Crippen molar-refractivity contribution in [3.63, 3.8) is 0 Å². The van der Waals surface area contributed by atoms with E-state index >= 15 is 0 Å². The Kier molecular flexibility index (Phi) is 1.93. The Hall–Kier alpha value is -2.31. The van der Waals surface area contributed by atoms with Gasteiger partial charge in [0, 0.05) is 12.0 Å². The number of aliphatic carboxylic acids is 2. The van der Waals surface area contributed by atoms with Crippen molar-refractivity contribution in [2.75, 3.05) is 0 Å². The molecule has 2 rings (SSSR count). The second-order valence-electron chi connectivity index (χ2n) is 2.92. The standard InChI is InChI=1S/C8H5N3O4/c12-7(13)4-1-3-2-9-11-6(3)10-5(4)8(14)15/h2H,1H2,(H,12,13)(H,14,15). The summed E-state index contributed by atoms with van der Waals surface area (Å²) >= 11 is 0. The molecule has 0 atom stereocenters. The van der Waals surface area contributed by atoms with Crippen LogP contribution in [0.15, 0.2) is 38.3 Å². The highest BCUT2D eigenvalue weighted by molar-refractivity contribution is 6.09. The molecule has 0 aliphatic carbocycles. The zero-order valence-electron chi connectivity index (χ0n) is 7.34. The lowest BCUT2D eigenvalue weighted by molar-refractivity contribution is -0.136. The van der Waals surface area contributed by atoms with E-state index in [9.17, 15) is 9.59 Å². The third-order valence-electron chi connectivity index (χ3n) is 1.98. The van der Waals surface area contributed by atoms with Crippen LogP contribution in [0.1, 0.15) is 6.42 Å². The van der Waals surface area contributed by atoms with Crippen molar-refractivity contribution >= 4 is 17.8 Å². The fourth-order valence-corrected chi connectivity index (χ4v) is 1.30. The van der Waals surface area contributed by atoms with Gasteiger partial charge >= 0.3 is 11.9 Å². The lowest BCUT2D eigenvalue weighted by Crippen LogP contribution is -2.17.